The minimum absolute atomic E-state index is 0.120. The number of benzene rings is 2. The number of thioether (sulfide) groups is 1. The van der Waals surface area contributed by atoms with Crippen LogP contribution in [0.25, 0.3) is 6.08 Å². The molecular formula is C19H19ClN2O3S. The standard InChI is InChI=1S/C19H19ClN2O3S/c1-22(2)19(24)26-17-7-5-4-6-15(17)21-18(23)11-8-13-12-14(20)9-10-16(13)25-3/h4-12H,1-3H3,(H,21,23)/b11-8+. The molecule has 0 atom stereocenters. The summed E-state index contributed by atoms with van der Waals surface area (Å²) in [6.07, 6.45) is 3.02. The molecule has 0 bridgehead atoms. The van der Waals surface area contributed by atoms with Gasteiger partial charge in [-0.15, -0.1) is 0 Å². The molecule has 0 radical (unpaired) electrons. The zero-order valence-corrected chi connectivity index (χ0v) is 16.2. The van der Waals surface area contributed by atoms with Gasteiger partial charge in [0.15, 0.2) is 0 Å². The Labute approximate surface area is 162 Å². The minimum atomic E-state index is -0.322. The van der Waals surface area contributed by atoms with Gasteiger partial charge in [0.25, 0.3) is 5.24 Å². The highest BCUT2D eigenvalue weighted by Gasteiger charge is 2.11. The number of nitrogens with one attached hydrogen (secondary N) is 1. The number of nitrogens with zero attached hydrogens (tertiary/aromatic N) is 1. The summed E-state index contributed by atoms with van der Waals surface area (Å²) in [5.74, 6) is 0.295. The van der Waals surface area contributed by atoms with Gasteiger partial charge in [0, 0.05) is 35.7 Å². The van der Waals surface area contributed by atoms with Gasteiger partial charge in [-0.2, -0.15) is 0 Å². The zero-order chi connectivity index (χ0) is 19.1. The number of hydrogen-bond acceptors (Lipinski definition) is 4. The molecule has 2 aromatic carbocycles. The van der Waals surface area contributed by atoms with Gasteiger partial charge >= 0.3 is 0 Å². The van der Waals surface area contributed by atoms with Crippen molar-refractivity contribution < 1.29 is 14.3 Å². The number of halogens is 1. The quantitative estimate of drug-likeness (QED) is 0.590. The predicted octanol–water partition coefficient (Wildman–Crippen LogP) is 4.77. The van der Waals surface area contributed by atoms with Crippen LogP contribution in [0, 0.1) is 0 Å². The van der Waals surface area contributed by atoms with Crippen LogP contribution in [-0.4, -0.2) is 37.3 Å². The molecule has 136 valence electrons. The number of carbonyl (C=O) groups is 2. The average molecular weight is 391 g/mol. The van der Waals surface area contributed by atoms with Crippen LogP contribution < -0.4 is 10.1 Å². The number of para-hydroxylation sites is 1. The number of carbonyl (C=O) groups excluding carboxylic acids is 2. The minimum Gasteiger partial charge on any atom is -0.496 e. The third kappa shape index (κ3) is 5.54. The van der Waals surface area contributed by atoms with E-state index in [1.54, 1.807) is 63.7 Å². The number of ether oxygens (including phenoxy) is 1. The highest BCUT2D eigenvalue weighted by atomic mass is 35.5. The van der Waals surface area contributed by atoms with E-state index in [1.165, 1.54) is 11.0 Å². The van der Waals surface area contributed by atoms with E-state index in [-0.39, 0.29) is 11.1 Å². The molecule has 26 heavy (non-hydrogen) atoms. The van der Waals surface area contributed by atoms with Gasteiger partial charge in [-0.1, -0.05) is 23.7 Å². The molecule has 2 aromatic rings. The summed E-state index contributed by atoms with van der Waals surface area (Å²) in [6.45, 7) is 0. The first-order valence-corrected chi connectivity index (χ1v) is 8.91. The van der Waals surface area contributed by atoms with Gasteiger partial charge in [0.05, 0.1) is 12.8 Å². The van der Waals surface area contributed by atoms with E-state index in [9.17, 15) is 9.59 Å². The van der Waals surface area contributed by atoms with Crippen LogP contribution in [0.3, 0.4) is 0 Å². The summed E-state index contributed by atoms with van der Waals surface area (Å²) in [5.41, 5.74) is 1.26. The Balaban J connectivity index is 2.13. The third-order valence-electron chi connectivity index (χ3n) is 3.31. The fourth-order valence-electron chi connectivity index (χ4n) is 2.02. The molecule has 2 amide bonds. The van der Waals surface area contributed by atoms with Gasteiger partial charge < -0.3 is 15.0 Å². The molecule has 1 N–H and O–H groups in total. The maximum atomic E-state index is 12.3. The first kappa shape index (κ1) is 19.9. The molecule has 0 aliphatic rings. The first-order chi connectivity index (χ1) is 12.4. The van der Waals surface area contributed by atoms with E-state index in [2.05, 4.69) is 5.32 Å². The molecule has 7 heteroatoms. The highest BCUT2D eigenvalue weighted by molar-refractivity contribution is 8.13. The Bertz CT molecular complexity index is 837. The summed E-state index contributed by atoms with van der Waals surface area (Å²) in [7, 11) is 4.91. The normalized spacial score (nSPS) is 10.6. The molecular weight excluding hydrogens is 372 g/mol. The fraction of sp³-hybridized carbons (Fsp3) is 0.158. The second-order valence-electron chi connectivity index (χ2n) is 5.47. The van der Waals surface area contributed by atoms with Gasteiger partial charge in [-0.05, 0) is 48.2 Å². The Hall–Kier alpha value is -2.44. The van der Waals surface area contributed by atoms with Crippen LogP contribution in [0.2, 0.25) is 5.02 Å². The Morgan fingerprint density at radius 1 is 1.19 bits per heavy atom. The summed E-state index contributed by atoms with van der Waals surface area (Å²) in [6, 6.07) is 12.3. The van der Waals surface area contributed by atoms with Crippen molar-refractivity contribution in [2.24, 2.45) is 0 Å². The molecule has 0 aliphatic carbocycles. The van der Waals surface area contributed by atoms with E-state index >= 15 is 0 Å². The van der Waals surface area contributed by atoms with Crippen LogP contribution in [0.5, 0.6) is 5.75 Å². The number of rotatable bonds is 5. The number of hydrogen-bond donors (Lipinski definition) is 1. The molecule has 0 aliphatic heterocycles. The zero-order valence-electron chi connectivity index (χ0n) is 14.7. The summed E-state index contributed by atoms with van der Waals surface area (Å²) in [5, 5.41) is 3.22. The van der Waals surface area contributed by atoms with Gasteiger partial charge in [-0.25, -0.2) is 0 Å². The monoisotopic (exact) mass is 390 g/mol. The van der Waals surface area contributed by atoms with Crippen molar-refractivity contribution in [2.45, 2.75) is 4.90 Å². The molecule has 0 unspecified atom stereocenters. The van der Waals surface area contributed by atoms with Crippen molar-refractivity contribution in [2.75, 3.05) is 26.5 Å². The smallest absolute Gasteiger partial charge is 0.286 e. The molecule has 0 aromatic heterocycles. The maximum Gasteiger partial charge on any atom is 0.286 e. The third-order valence-corrected chi connectivity index (χ3v) is 4.66. The number of amides is 2. The lowest BCUT2D eigenvalue weighted by atomic mass is 10.2. The average Bonchev–Trinajstić information content (AvgIpc) is 2.61. The lowest BCUT2D eigenvalue weighted by molar-refractivity contribution is -0.111. The van der Waals surface area contributed by atoms with Crippen molar-refractivity contribution in [3.05, 3.63) is 59.1 Å². The molecule has 5 nitrogen and oxygen atoms in total. The van der Waals surface area contributed by atoms with E-state index in [0.29, 0.717) is 26.9 Å². The Morgan fingerprint density at radius 3 is 2.62 bits per heavy atom. The molecule has 0 saturated heterocycles. The molecule has 0 fully saturated rings. The number of methoxy groups -OCH3 is 1. The van der Waals surface area contributed by atoms with Gasteiger partial charge in [0.2, 0.25) is 5.91 Å². The number of anilines is 1. The van der Waals surface area contributed by atoms with Crippen molar-refractivity contribution in [1.29, 1.82) is 0 Å². The Morgan fingerprint density at radius 2 is 1.92 bits per heavy atom. The SMILES string of the molecule is COc1ccc(Cl)cc1/C=C/C(=O)Nc1ccccc1SC(=O)N(C)C. The van der Waals surface area contributed by atoms with Crippen LogP contribution in [-0.2, 0) is 4.79 Å². The lowest BCUT2D eigenvalue weighted by Crippen LogP contribution is -2.16. The van der Waals surface area contributed by atoms with E-state index < -0.39 is 0 Å². The predicted molar refractivity (Wildman–Crippen MR) is 107 cm³/mol. The van der Waals surface area contributed by atoms with E-state index in [0.717, 1.165) is 11.8 Å². The van der Waals surface area contributed by atoms with Crippen molar-refractivity contribution in [3.8, 4) is 5.75 Å². The van der Waals surface area contributed by atoms with Crippen molar-refractivity contribution in [1.82, 2.24) is 4.90 Å². The second-order valence-corrected chi connectivity index (χ2v) is 6.90. The summed E-state index contributed by atoms with van der Waals surface area (Å²) in [4.78, 5) is 26.3. The molecule has 0 saturated carbocycles. The van der Waals surface area contributed by atoms with Gasteiger partial charge in [-0.3, -0.25) is 9.59 Å². The fourth-order valence-corrected chi connectivity index (χ4v) is 2.95. The van der Waals surface area contributed by atoms with E-state index in [4.69, 9.17) is 16.3 Å². The van der Waals surface area contributed by atoms with Crippen LogP contribution in [0.15, 0.2) is 53.4 Å². The topological polar surface area (TPSA) is 58.6 Å². The highest BCUT2D eigenvalue weighted by Crippen LogP contribution is 2.29. The Kier molecular flexibility index (Phi) is 7.12. The van der Waals surface area contributed by atoms with Crippen molar-refractivity contribution in [3.63, 3.8) is 0 Å². The van der Waals surface area contributed by atoms with Gasteiger partial charge in [0.1, 0.15) is 5.75 Å². The van der Waals surface area contributed by atoms with Crippen LogP contribution in [0.1, 0.15) is 5.56 Å². The largest absolute Gasteiger partial charge is 0.496 e. The molecule has 0 spiro atoms. The van der Waals surface area contributed by atoms with Crippen LogP contribution in [0.4, 0.5) is 10.5 Å². The molecule has 0 heterocycles. The maximum absolute atomic E-state index is 12.3. The lowest BCUT2D eigenvalue weighted by Gasteiger charge is -2.12. The van der Waals surface area contributed by atoms with Crippen LogP contribution >= 0.6 is 23.4 Å². The van der Waals surface area contributed by atoms with E-state index in [1.807, 2.05) is 6.07 Å². The van der Waals surface area contributed by atoms with Crippen molar-refractivity contribution >= 4 is 46.3 Å². The second kappa shape index (κ2) is 9.31. The first-order valence-electron chi connectivity index (χ1n) is 7.71. The molecule has 2 rings (SSSR count). The summed E-state index contributed by atoms with van der Waals surface area (Å²) >= 11 is 7.04. The summed E-state index contributed by atoms with van der Waals surface area (Å²) < 4.78 is 5.25.